The van der Waals surface area contributed by atoms with Crippen LogP contribution in [0.5, 0.6) is 5.75 Å². The van der Waals surface area contributed by atoms with Crippen LogP contribution < -0.4 is 5.32 Å². The van der Waals surface area contributed by atoms with Gasteiger partial charge in [-0.15, -0.1) is 0 Å². The molecule has 1 fully saturated rings. The lowest BCUT2D eigenvalue weighted by Gasteiger charge is -2.33. The van der Waals surface area contributed by atoms with Crippen molar-refractivity contribution in [2.45, 2.75) is 51.5 Å². The van der Waals surface area contributed by atoms with Gasteiger partial charge in [0.05, 0.1) is 12.1 Å². The second-order valence-electron chi connectivity index (χ2n) is 7.60. The number of likely N-dealkylation sites (tertiary alicyclic amines) is 1. The molecule has 1 aromatic carbocycles. The molecule has 1 aliphatic carbocycles. The van der Waals surface area contributed by atoms with Crippen molar-refractivity contribution in [3.8, 4) is 5.75 Å². The highest BCUT2D eigenvalue weighted by Crippen LogP contribution is 2.37. The van der Waals surface area contributed by atoms with Crippen LogP contribution in [0.2, 0.25) is 0 Å². The molecule has 5 nitrogen and oxygen atoms in total. The Kier molecular flexibility index (Phi) is 5.00. The maximum Gasteiger partial charge on any atom is 0.119 e. The Morgan fingerprint density at radius 1 is 1.23 bits per heavy atom. The minimum Gasteiger partial charge on any atom is -0.508 e. The van der Waals surface area contributed by atoms with Gasteiger partial charge in [-0.3, -0.25) is 4.98 Å². The van der Waals surface area contributed by atoms with E-state index in [0.717, 1.165) is 74.6 Å². The lowest BCUT2D eigenvalue weighted by Crippen LogP contribution is -2.40. The Morgan fingerprint density at radius 2 is 2.04 bits per heavy atom. The van der Waals surface area contributed by atoms with Crippen molar-refractivity contribution in [2.24, 2.45) is 0 Å². The van der Waals surface area contributed by atoms with E-state index in [2.05, 4.69) is 23.2 Å². The predicted molar refractivity (Wildman–Crippen MR) is 105 cm³/mol. The molecule has 1 aromatic heterocycles. The molecule has 0 amide bonds. The molecule has 0 spiro atoms. The fourth-order valence-electron chi connectivity index (χ4n) is 4.44. The number of aromatic nitrogens is 1. The average Bonchev–Trinajstić information content (AvgIpc) is 3.11. The molecule has 3 N–H and O–H groups in total. The molecule has 2 aromatic rings. The van der Waals surface area contributed by atoms with Crippen molar-refractivity contribution in [1.82, 2.24) is 9.88 Å². The van der Waals surface area contributed by atoms with Gasteiger partial charge in [-0.2, -0.15) is 0 Å². The van der Waals surface area contributed by atoms with Crippen LogP contribution in [0.25, 0.3) is 10.9 Å². The van der Waals surface area contributed by atoms with Crippen LogP contribution in [0.4, 0.5) is 5.69 Å². The molecule has 4 rings (SSSR count). The van der Waals surface area contributed by atoms with Crippen molar-refractivity contribution < 1.29 is 10.2 Å². The van der Waals surface area contributed by atoms with E-state index in [9.17, 15) is 5.11 Å². The highest BCUT2D eigenvalue weighted by molar-refractivity contribution is 5.95. The molecule has 0 saturated carbocycles. The van der Waals surface area contributed by atoms with Crippen LogP contribution in [0, 0.1) is 0 Å². The third-order valence-corrected chi connectivity index (χ3v) is 5.95. The lowest BCUT2D eigenvalue weighted by atomic mass is 10.00. The third kappa shape index (κ3) is 3.26. The number of benzene rings is 1. The number of nitrogens with zero attached hydrogens (tertiary/aromatic N) is 2. The topological polar surface area (TPSA) is 68.6 Å². The van der Waals surface area contributed by atoms with E-state index < -0.39 is 0 Å². The quantitative estimate of drug-likeness (QED) is 0.769. The summed E-state index contributed by atoms with van der Waals surface area (Å²) in [5.74, 6) is 0.376. The van der Waals surface area contributed by atoms with Gasteiger partial charge in [-0.25, -0.2) is 0 Å². The molecule has 1 saturated heterocycles. The van der Waals surface area contributed by atoms with Gasteiger partial charge < -0.3 is 20.4 Å². The van der Waals surface area contributed by atoms with Crippen molar-refractivity contribution in [3.63, 3.8) is 0 Å². The molecular formula is C21H29N3O2. The fourth-order valence-corrected chi connectivity index (χ4v) is 4.44. The average molecular weight is 355 g/mol. The van der Waals surface area contributed by atoms with Crippen LogP contribution in [-0.2, 0) is 19.3 Å². The predicted octanol–water partition coefficient (Wildman–Crippen LogP) is 2.86. The number of β-amino-alcohol motifs (C(OH)–C–C–N with tert-alkyl or cyclic N) is 1. The van der Waals surface area contributed by atoms with Gasteiger partial charge in [-0.05, 0) is 61.8 Å². The number of fused-ring (bicyclic) bond motifs is 2. The van der Waals surface area contributed by atoms with Crippen molar-refractivity contribution in [1.29, 1.82) is 0 Å². The Balaban J connectivity index is 1.66. The van der Waals surface area contributed by atoms with Gasteiger partial charge in [0.15, 0.2) is 0 Å². The Hall–Kier alpha value is -1.85. The number of aliphatic hydroxyl groups is 1. The van der Waals surface area contributed by atoms with Crippen molar-refractivity contribution in [2.75, 3.05) is 31.6 Å². The zero-order chi connectivity index (χ0) is 18.1. The summed E-state index contributed by atoms with van der Waals surface area (Å²) in [6.45, 7) is 5.12. The number of aliphatic hydroxyl groups excluding tert-OH is 1. The molecule has 0 atom stereocenters. The minimum atomic E-state index is 0.236. The standard InChI is InChI=1S/C21H29N3O2/c1-2-14-12-19-17(13-20(14)26)21(16-4-3-5-18(16)23-19)22-15-6-8-24(9-7-15)10-11-25/h12-13,15,25-26H,2-11H2,1H3,(H,22,23). The SMILES string of the molecule is CCc1cc2nc3c(c(NC4CCN(CCO)CC4)c2cc1O)CCC3. The Morgan fingerprint density at radius 3 is 2.77 bits per heavy atom. The molecule has 0 bridgehead atoms. The number of hydrogen-bond donors (Lipinski definition) is 3. The van der Waals surface area contributed by atoms with Gasteiger partial charge in [0.1, 0.15) is 5.75 Å². The maximum absolute atomic E-state index is 10.4. The third-order valence-electron chi connectivity index (χ3n) is 5.95. The van der Waals surface area contributed by atoms with E-state index in [0.29, 0.717) is 11.8 Å². The fraction of sp³-hybridized carbons (Fsp3) is 0.571. The van der Waals surface area contributed by atoms with E-state index in [1.807, 2.05) is 6.07 Å². The normalized spacial score (nSPS) is 18.4. The molecule has 2 aliphatic rings. The summed E-state index contributed by atoms with van der Waals surface area (Å²) >= 11 is 0. The first-order chi connectivity index (χ1) is 12.7. The van der Waals surface area contributed by atoms with Crippen LogP contribution in [-0.4, -0.2) is 52.4 Å². The first-order valence-electron chi connectivity index (χ1n) is 9.96. The molecule has 1 aliphatic heterocycles. The number of hydrogen-bond acceptors (Lipinski definition) is 5. The summed E-state index contributed by atoms with van der Waals surface area (Å²) in [5.41, 5.74) is 5.73. The summed E-state index contributed by atoms with van der Waals surface area (Å²) in [7, 11) is 0. The van der Waals surface area contributed by atoms with E-state index in [-0.39, 0.29) is 6.61 Å². The van der Waals surface area contributed by atoms with Crippen LogP contribution >= 0.6 is 0 Å². The number of phenols is 1. The van der Waals surface area contributed by atoms with Gasteiger partial charge >= 0.3 is 0 Å². The molecule has 0 radical (unpaired) electrons. The van der Waals surface area contributed by atoms with Gasteiger partial charge in [0.25, 0.3) is 0 Å². The smallest absolute Gasteiger partial charge is 0.119 e. The number of piperidine rings is 1. The van der Waals surface area contributed by atoms with Gasteiger partial charge in [-0.1, -0.05) is 6.92 Å². The van der Waals surface area contributed by atoms with Crippen LogP contribution in [0.15, 0.2) is 12.1 Å². The minimum absolute atomic E-state index is 0.236. The maximum atomic E-state index is 10.4. The summed E-state index contributed by atoms with van der Waals surface area (Å²) in [6.07, 6.45) is 6.26. The monoisotopic (exact) mass is 355 g/mol. The summed E-state index contributed by atoms with van der Waals surface area (Å²) in [6, 6.07) is 4.40. The molecule has 5 heteroatoms. The summed E-state index contributed by atoms with van der Waals surface area (Å²) in [4.78, 5) is 7.23. The van der Waals surface area contributed by atoms with Crippen LogP contribution in [0.3, 0.4) is 0 Å². The highest BCUT2D eigenvalue weighted by atomic mass is 16.3. The van der Waals surface area contributed by atoms with Gasteiger partial charge in [0.2, 0.25) is 0 Å². The summed E-state index contributed by atoms with van der Waals surface area (Å²) < 4.78 is 0. The summed E-state index contributed by atoms with van der Waals surface area (Å²) in [5, 5.41) is 24.4. The molecular weight excluding hydrogens is 326 g/mol. The number of rotatable bonds is 5. The van der Waals surface area contributed by atoms with Crippen LogP contribution in [0.1, 0.15) is 43.0 Å². The lowest BCUT2D eigenvalue weighted by molar-refractivity contribution is 0.168. The van der Waals surface area contributed by atoms with Crippen molar-refractivity contribution in [3.05, 3.63) is 29.0 Å². The molecule has 2 heterocycles. The Bertz CT molecular complexity index is 792. The number of phenolic OH excluding ortho intramolecular Hbond substituents is 1. The number of aryl methyl sites for hydroxylation is 2. The first kappa shape index (κ1) is 17.6. The van der Waals surface area contributed by atoms with E-state index in [4.69, 9.17) is 10.1 Å². The molecule has 0 unspecified atom stereocenters. The Labute approximate surface area is 155 Å². The largest absolute Gasteiger partial charge is 0.508 e. The van der Waals surface area contributed by atoms with E-state index in [1.165, 1.54) is 16.9 Å². The van der Waals surface area contributed by atoms with Gasteiger partial charge in [0, 0.05) is 42.4 Å². The molecule has 26 heavy (non-hydrogen) atoms. The second kappa shape index (κ2) is 7.41. The highest BCUT2D eigenvalue weighted by Gasteiger charge is 2.24. The first-order valence-corrected chi connectivity index (χ1v) is 9.96. The molecule has 140 valence electrons. The number of anilines is 1. The van der Waals surface area contributed by atoms with Crippen molar-refractivity contribution >= 4 is 16.6 Å². The van der Waals surface area contributed by atoms with E-state index in [1.54, 1.807) is 0 Å². The zero-order valence-electron chi connectivity index (χ0n) is 15.6. The second-order valence-corrected chi connectivity index (χ2v) is 7.60. The number of aromatic hydroxyl groups is 1. The van der Waals surface area contributed by atoms with E-state index >= 15 is 0 Å². The number of nitrogens with one attached hydrogen (secondary N) is 1. The zero-order valence-corrected chi connectivity index (χ0v) is 15.6. The number of pyridine rings is 1.